The van der Waals surface area contributed by atoms with Gasteiger partial charge in [0.2, 0.25) is 5.91 Å². The molecule has 0 saturated heterocycles. The van der Waals surface area contributed by atoms with Crippen LogP contribution in [0.2, 0.25) is 0 Å². The molecular weight excluding hydrogens is 236 g/mol. The van der Waals surface area contributed by atoms with Crippen molar-refractivity contribution in [2.45, 2.75) is 11.8 Å². The number of anilines is 1. The highest BCUT2D eigenvalue weighted by Gasteiger charge is 2.27. The van der Waals surface area contributed by atoms with E-state index >= 15 is 0 Å². The molecule has 1 N–H and O–H groups in total. The maximum atomic E-state index is 13.4. The maximum Gasteiger partial charge on any atom is 0.228 e. The first kappa shape index (κ1) is 11.2. The average molecular weight is 245 g/mol. The van der Waals surface area contributed by atoms with Gasteiger partial charge in [0.05, 0.1) is 21.4 Å². The van der Waals surface area contributed by atoms with Crippen LogP contribution in [-0.4, -0.2) is 15.9 Å². The monoisotopic (exact) mass is 245 g/mol. The second-order valence-corrected chi connectivity index (χ2v) is 5.13. The number of halogens is 2. The number of carbonyl (C=O) groups is 1. The molecule has 2 unspecified atom stereocenters. The predicted octanol–water partition coefficient (Wildman–Crippen LogP) is 1.66. The van der Waals surface area contributed by atoms with E-state index in [2.05, 4.69) is 5.32 Å². The highest BCUT2D eigenvalue weighted by Crippen LogP contribution is 2.28. The van der Waals surface area contributed by atoms with Gasteiger partial charge < -0.3 is 5.32 Å². The summed E-state index contributed by atoms with van der Waals surface area (Å²) >= 11 is 0. The predicted molar refractivity (Wildman–Crippen MR) is 55.4 cm³/mol. The average Bonchev–Trinajstić information content (AvgIpc) is 2.29. The zero-order valence-electron chi connectivity index (χ0n) is 8.42. The molecule has 86 valence electrons. The van der Waals surface area contributed by atoms with Gasteiger partial charge in [0.1, 0.15) is 5.82 Å². The van der Waals surface area contributed by atoms with E-state index in [9.17, 15) is 17.8 Å². The van der Waals surface area contributed by atoms with Gasteiger partial charge in [0, 0.05) is 17.7 Å². The topological polar surface area (TPSA) is 46.2 Å². The first-order valence-electron chi connectivity index (χ1n) is 4.67. The van der Waals surface area contributed by atoms with Crippen LogP contribution in [0.4, 0.5) is 14.5 Å². The number of fused-ring (bicyclic) bond motifs is 1. The third kappa shape index (κ3) is 1.84. The lowest BCUT2D eigenvalue weighted by molar-refractivity contribution is -0.118. The van der Waals surface area contributed by atoms with E-state index in [4.69, 9.17) is 0 Å². The molecule has 1 aromatic rings. The van der Waals surface area contributed by atoms with Gasteiger partial charge in [-0.3, -0.25) is 9.00 Å². The van der Waals surface area contributed by atoms with Crippen molar-refractivity contribution in [1.82, 2.24) is 0 Å². The lowest BCUT2D eigenvalue weighted by Gasteiger charge is -2.07. The fourth-order valence-electron chi connectivity index (χ4n) is 1.49. The van der Waals surface area contributed by atoms with Crippen LogP contribution in [0.25, 0.3) is 0 Å². The van der Waals surface area contributed by atoms with Crippen molar-refractivity contribution < 1.29 is 17.8 Å². The van der Waals surface area contributed by atoms with Crippen LogP contribution >= 0.6 is 0 Å². The summed E-state index contributed by atoms with van der Waals surface area (Å²) < 4.78 is 38.1. The smallest absolute Gasteiger partial charge is 0.228 e. The molecule has 0 fully saturated rings. The Hall–Kier alpha value is -1.30. The van der Waals surface area contributed by atoms with Gasteiger partial charge in [-0.25, -0.2) is 8.78 Å². The Kier molecular flexibility index (Phi) is 2.75. The van der Waals surface area contributed by atoms with Gasteiger partial charge in [0.25, 0.3) is 0 Å². The first-order valence-corrected chi connectivity index (χ1v) is 5.99. The summed E-state index contributed by atoms with van der Waals surface area (Å²) in [5.74, 6) is -2.52. The third-order valence-corrected chi connectivity index (χ3v) is 3.98. The number of benzene rings is 1. The fourth-order valence-corrected chi connectivity index (χ4v) is 2.90. The van der Waals surface area contributed by atoms with Crippen molar-refractivity contribution in [3.8, 4) is 0 Å². The summed E-state index contributed by atoms with van der Waals surface area (Å²) in [6.45, 7) is 1.59. The second kappa shape index (κ2) is 3.93. The molecule has 0 radical (unpaired) electrons. The van der Waals surface area contributed by atoms with Crippen molar-refractivity contribution >= 4 is 22.4 Å². The molecule has 0 aliphatic carbocycles. The lowest BCUT2D eigenvalue weighted by atomic mass is 10.2. The van der Waals surface area contributed by atoms with E-state index in [1.807, 2.05) is 0 Å². The van der Waals surface area contributed by atoms with Crippen molar-refractivity contribution in [2.24, 2.45) is 5.92 Å². The second-order valence-electron chi connectivity index (χ2n) is 3.66. The van der Waals surface area contributed by atoms with Crippen LogP contribution in [-0.2, 0) is 15.6 Å². The molecular formula is C10H9F2NO2S. The Morgan fingerprint density at radius 1 is 1.44 bits per heavy atom. The minimum Gasteiger partial charge on any atom is -0.322 e. The fraction of sp³-hybridized carbons (Fsp3) is 0.300. The van der Waals surface area contributed by atoms with Crippen LogP contribution in [0, 0.1) is 17.6 Å². The Balaban J connectivity index is 2.60. The van der Waals surface area contributed by atoms with Crippen LogP contribution in [0.5, 0.6) is 0 Å². The van der Waals surface area contributed by atoms with E-state index in [1.165, 1.54) is 0 Å². The summed E-state index contributed by atoms with van der Waals surface area (Å²) in [6.07, 6.45) is 0. The van der Waals surface area contributed by atoms with Gasteiger partial charge >= 0.3 is 0 Å². The molecule has 1 aliphatic rings. The van der Waals surface area contributed by atoms with Crippen LogP contribution in [0.3, 0.4) is 0 Å². The standard InChI is InChI=1S/C10H9F2NO2S/c1-5-4-16(15)8-3-6(11)2-7(12)9(8)13-10(5)14/h2-3,5H,4H2,1H3,(H,13,14). The van der Waals surface area contributed by atoms with Crippen LogP contribution < -0.4 is 5.32 Å². The number of hydrogen-bond acceptors (Lipinski definition) is 2. The normalized spacial score (nSPS) is 24.6. The minimum absolute atomic E-state index is 0.00944. The summed E-state index contributed by atoms with van der Waals surface area (Å²) in [5.41, 5.74) is -0.172. The summed E-state index contributed by atoms with van der Waals surface area (Å²) in [7, 11) is -1.57. The Bertz CT molecular complexity index is 490. The molecule has 16 heavy (non-hydrogen) atoms. The number of amides is 1. The molecule has 1 heterocycles. The van der Waals surface area contributed by atoms with Crippen LogP contribution in [0.15, 0.2) is 17.0 Å². The molecule has 0 saturated carbocycles. The zero-order valence-corrected chi connectivity index (χ0v) is 9.24. The number of nitrogens with one attached hydrogen (secondary N) is 1. The molecule has 3 nitrogen and oxygen atoms in total. The Morgan fingerprint density at radius 2 is 2.12 bits per heavy atom. The SMILES string of the molecule is CC1CS(=O)c2cc(F)cc(F)c2NC1=O. The van der Waals surface area contributed by atoms with E-state index in [1.54, 1.807) is 6.92 Å². The van der Waals surface area contributed by atoms with Gasteiger partial charge in [-0.1, -0.05) is 6.92 Å². The van der Waals surface area contributed by atoms with Crippen molar-refractivity contribution in [1.29, 1.82) is 0 Å². The van der Waals surface area contributed by atoms with Gasteiger partial charge in [-0.05, 0) is 6.07 Å². The third-order valence-electron chi connectivity index (χ3n) is 2.36. The van der Waals surface area contributed by atoms with Crippen molar-refractivity contribution in [3.05, 3.63) is 23.8 Å². The molecule has 1 aliphatic heterocycles. The largest absolute Gasteiger partial charge is 0.322 e. The maximum absolute atomic E-state index is 13.4. The highest BCUT2D eigenvalue weighted by atomic mass is 32.2. The molecule has 6 heteroatoms. The lowest BCUT2D eigenvalue weighted by Crippen LogP contribution is -2.21. The van der Waals surface area contributed by atoms with Gasteiger partial charge in [0.15, 0.2) is 5.82 Å². The molecule has 2 atom stereocenters. The van der Waals surface area contributed by atoms with Crippen LogP contribution in [0.1, 0.15) is 6.92 Å². The zero-order chi connectivity index (χ0) is 11.9. The van der Waals surface area contributed by atoms with E-state index in [0.29, 0.717) is 6.07 Å². The highest BCUT2D eigenvalue weighted by molar-refractivity contribution is 7.85. The molecule has 1 aromatic carbocycles. The molecule has 0 aromatic heterocycles. The molecule has 0 bridgehead atoms. The van der Waals surface area contributed by atoms with Gasteiger partial charge in [-0.15, -0.1) is 0 Å². The quantitative estimate of drug-likeness (QED) is 0.755. The first-order chi connectivity index (χ1) is 7.49. The molecule has 1 amide bonds. The van der Waals surface area contributed by atoms with E-state index in [-0.39, 0.29) is 16.3 Å². The molecule has 2 rings (SSSR count). The number of hydrogen-bond donors (Lipinski definition) is 1. The number of carbonyl (C=O) groups excluding carboxylic acids is 1. The minimum atomic E-state index is -1.57. The molecule has 0 spiro atoms. The van der Waals surface area contributed by atoms with Gasteiger partial charge in [-0.2, -0.15) is 0 Å². The summed E-state index contributed by atoms with van der Waals surface area (Å²) in [4.78, 5) is 11.5. The Morgan fingerprint density at radius 3 is 2.81 bits per heavy atom. The Labute approximate surface area is 93.3 Å². The van der Waals surface area contributed by atoms with Crippen molar-refractivity contribution in [2.75, 3.05) is 11.1 Å². The summed E-state index contributed by atoms with van der Waals surface area (Å²) in [6, 6.07) is 1.65. The van der Waals surface area contributed by atoms with Crippen molar-refractivity contribution in [3.63, 3.8) is 0 Å². The van der Waals surface area contributed by atoms with E-state index in [0.717, 1.165) is 6.07 Å². The number of rotatable bonds is 0. The van der Waals surface area contributed by atoms with E-state index < -0.39 is 34.3 Å². The summed E-state index contributed by atoms with van der Waals surface area (Å²) in [5, 5.41) is 2.32.